The largest absolute Gasteiger partial charge is 0.508 e. The second-order valence-electron chi connectivity index (χ2n) is 1.77. The first-order chi connectivity index (χ1) is 4.34. The highest BCUT2D eigenvalue weighted by atomic mass is 16.3. The molecule has 0 amide bonds. The van der Waals surface area contributed by atoms with E-state index in [2.05, 4.69) is 5.11 Å². The molecule has 0 saturated carbocycles. The number of aromatic hydroxyl groups is 1. The van der Waals surface area contributed by atoms with Crippen LogP contribution < -0.4 is 0 Å². The average Bonchev–Trinajstić information content (AvgIpc) is 1.89. The summed E-state index contributed by atoms with van der Waals surface area (Å²) in [5, 5.41) is 4.29. The number of para-hydroxylation sites is 1. The Hall–Kier alpha value is -0.980. The van der Waals surface area contributed by atoms with Crippen molar-refractivity contribution in [1.82, 2.24) is 0 Å². The van der Waals surface area contributed by atoms with E-state index in [4.69, 9.17) is 1.43 Å². The highest BCUT2D eigenvalue weighted by Gasteiger charge is 1.86. The molecule has 0 atom stereocenters. The van der Waals surface area contributed by atoms with Crippen molar-refractivity contribution >= 4 is 0 Å². The molecule has 1 nitrogen and oxygen atoms in total. The zero-order valence-electron chi connectivity index (χ0n) is 5.72. The maximum absolute atomic E-state index is 6.58. The van der Waals surface area contributed by atoms with Gasteiger partial charge < -0.3 is 5.11 Å². The Bertz CT molecular complexity index is 198. The van der Waals surface area contributed by atoms with E-state index in [9.17, 15) is 0 Å². The fourth-order valence-electron chi connectivity index (χ4n) is 0.556. The highest BCUT2D eigenvalue weighted by Crippen LogP contribution is 2.12. The van der Waals surface area contributed by atoms with Crippen LogP contribution in [0.1, 0.15) is 5.56 Å². The van der Waals surface area contributed by atoms with Gasteiger partial charge in [-0.15, -0.1) is 0 Å². The molecule has 0 heterocycles. The molecule has 0 unspecified atom stereocenters. The van der Waals surface area contributed by atoms with Crippen molar-refractivity contribution in [3.8, 4) is 5.75 Å². The lowest BCUT2D eigenvalue weighted by atomic mass is 10.2. The summed E-state index contributed by atoms with van der Waals surface area (Å²) in [5.74, 6) is 0.623. The number of benzene rings is 1. The molecule has 0 spiro atoms. The van der Waals surface area contributed by atoms with Gasteiger partial charge in [-0.2, -0.15) is 0 Å². The molecule has 0 aromatic heterocycles. The second kappa shape index (κ2) is 1.86. The average molecular weight is 110 g/mol. The molecule has 1 N–H and O–H groups in total. The Labute approximate surface area is 50.1 Å². The molecule has 0 radical (unpaired) electrons. The Balaban J connectivity index is 3.01. The lowest BCUT2D eigenvalue weighted by Crippen LogP contribution is -1.68. The van der Waals surface area contributed by atoms with Crippen LogP contribution in [0.15, 0.2) is 24.3 Å². The van der Waals surface area contributed by atoms with Gasteiger partial charge in [0, 0.05) is 0 Å². The van der Waals surface area contributed by atoms with Gasteiger partial charge in [-0.05, 0) is 18.6 Å². The molecule has 1 heteroatoms. The van der Waals surface area contributed by atoms with Gasteiger partial charge in [0.05, 0.1) is 0 Å². The van der Waals surface area contributed by atoms with Crippen molar-refractivity contribution in [2.75, 3.05) is 0 Å². The van der Waals surface area contributed by atoms with Crippen molar-refractivity contribution in [3.05, 3.63) is 29.8 Å². The smallest absolute Gasteiger partial charge is 0.293 e. The van der Waals surface area contributed by atoms with E-state index in [-0.39, 0.29) is 0 Å². The molecule has 0 aliphatic carbocycles. The Kier molecular flexibility index (Phi) is 0.922. The molecule has 0 aliphatic rings. The van der Waals surface area contributed by atoms with Gasteiger partial charge in [0.25, 0.3) is 1.43 Å². The molecule has 0 aliphatic heterocycles. The Morgan fingerprint density at radius 2 is 2.25 bits per heavy atom. The van der Waals surface area contributed by atoms with Gasteiger partial charge in [-0.25, -0.2) is 0 Å². The predicted molar refractivity (Wildman–Crippen MR) is 32.8 cm³/mol. The van der Waals surface area contributed by atoms with Crippen molar-refractivity contribution in [1.29, 1.82) is 1.43 Å². The van der Waals surface area contributed by atoms with Crippen LogP contribution in [0.5, 0.6) is 5.75 Å². The summed E-state index contributed by atoms with van der Waals surface area (Å²) in [4.78, 5) is 0. The maximum atomic E-state index is 6.58. The molecule has 0 bridgehead atoms. The van der Waals surface area contributed by atoms with Gasteiger partial charge in [0.15, 0.2) is 0 Å². The third-order valence-corrected chi connectivity index (χ3v) is 1.09. The molecular formula is C7H8O. The molecule has 0 saturated heterocycles. The van der Waals surface area contributed by atoms with E-state index in [1.165, 1.54) is 0 Å². The van der Waals surface area contributed by atoms with E-state index in [1.807, 2.05) is 25.1 Å². The molecule has 42 valence electrons. The van der Waals surface area contributed by atoms with Crippen molar-refractivity contribution in [3.63, 3.8) is 0 Å². The zero-order valence-corrected chi connectivity index (χ0v) is 4.72. The van der Waals surface area contributed by atoms with Crippen LogP contribution in [0.25, 0.3) is 0 Å². The number of phenols is 1. The van der Waals surface area contributed by atoms with Crippen LogP contribution >= 0.6 is 0 Å². The minimum atomic E-state index is 0.623. The van der Waals surface area contributed by atoms with Crippen LogP contribution in [0.3, 0.4) is 0 Å². The van der Waals surface area contributed by atoms with Crippen LogP contribution in [-0.4, -0.2) is 6.54 Å². The molecule has 8 heavy (non-hydrogen) atoms. The summed E-state index contributed by atoms with van der Waals surface area (Å²) in [7, 11) is 0. The van der Waals surface area contributed by atoms with Crippen molar-refractivity contribution < 1.29 is 5.11 Å². The number of hydrogen-bond donors (Lipinski definition) is 1. The molecule has 0 fully saturated rings. The van der Waals surface area contributed by atoms with E-state index >= 15 is 0 Å². The summed E-state index contributed by atoms with van der Waals surface area (Å²) in [6.45, 7) is 1.91. The van der Waals surface area contributed by atoms with Crippen LogP contribution in [0.4, 0.5) is 0 Å². The SMILES string of the molecule is [3H]Oc1ccccc1C. The summed E-state index contributed by atoms with van der Waals surface area (Å²) in [5.41, 5.74) is 0.993. The molecule has 1 aromatic carbocycles. The van der Waals surface area contributed by atoms with Crippen LogP contribution in [-0.2, 0) is 0 Å². The van der Waals surface area contributed by atoms with Crippen molar-refractivity contribution in [2.24, 2.45) is 0 Å². The third kappa shape index (κ3) is 0.808. The Morgan fingerprint density at radius 3 is 2.75 bits per heavy atom. The maximum Gasteiger partial charge on any atom is 0.293 e. The van der Waals surface area contributed by atoms with Gasteiger partial charge in [0.2, 0.25) is 0 Å². The summed E-state index contributed by atoms with van der Waals surface area (Å²) < 4.78 is 6.58. The highest BCUT2D eigenvalue weighted by molar-refractivity contribution is 5.29. The monoisotopic (exact) mass is 110 g/mol. The molecule has 1 rings (SSSR count). The molecule has 1 aromatic rings. The van der Waals surface area contributed by atoms with Crippen LogP contribution in [0, 0.1) is 6.92 Å². The lowest BCUT2D eigenvalue weighted by molar-refractivity contribution is 0.471. The van der Waals surface area contributed by atoms with E-state index in [1.54, 1.807) is 6.07 Å². The van der Waals surface area contributed by atoms with Crippen LogP contribution in [0.2, 0.25) is 0 Å². The number of hydrogen-bond acceptors (Lipinski definition) is 1. The fourth-order valence-corrected chi connectivity index (χ4v) is 0.556. The summed E-state index contributed by atoms with van der Waals surface area (Å²) >= 11 is 0. The Morgan fingerprint density at radius 1 is 1.50 bits per heavy atom. The number of aryl methyl sites for hydroxylation is 1. The van der Waals surface area contributed by atoms with Gasteiger partial charge in [-0.3, -0.25) is 0 Å². The number of rotatable bonds is 1. The van der Waals surface area contributed by atoms with Gasteiger partial charge in [0.1, 0.15) is 5.75 Å². The minimum Gasteiger partial charge on any atom is -0.508 e. The van der Waals surface area contributed by atoms with E-state index in [0.717, 1.165) is 5.56 Å². The first-order valence-corrected chi connectivity index (χ1v) is 2.53. The van der Waals surface area contributed by atoms with Gasteiger partial charge in [-0.1, -0.05) is 18.2 Å². The first kappa shape index (κ1) is 3.96. The van der Waals surface area contributed by atoms with Gasteiger partial charge >= 0.3 is 0 Å². The normalized spacial score (nSPS) is 10.4. The predicted octanol–water partition coefficient (Wildman–Crippen LogP) is 1.70. The minimum absolute atomic E-state index is 0.623. The standard InChI is InChI=1S/C7H8O/c1-6-4-2-3-5-7(6)8/h2-5,8H,1H3/i/hT. The first-order valence-electron chi connectivity index (χ1n) is 2.94. The quantitative estimate of drug-likeness (QED) is 0.583. The van der Waals surface area contributed by atoms with Crippen molar-refractivity contribution in [2.45, 2.75) is 6.92 Å². The third-order valence-electron chi connectivity index (χ3n) is 1.09. The lowest BCUT2D eigenvalue weighted by Gasteiger charge is -1.92. The summed E-state index contributed by atoms with van der Waals surface area (Å²) in [6, 6.07) is 7.43. The zero-order chi connectivity index (χ0) is 6.69. The topological polar surface area (TPSA) is 20.2 Å². The number of phenolic OH excluding ortho intramolecular Hbond substituents is 1. The fraction of sp³-hybridized carbons (Fsp3) is 0.143. The summed E-state index contributed by atoms with van der Waals surface area (Å²) in [6.07, 6.45) is 0. The van der Waals surface area contributed by atoms with E-state index in [0.29, 0.717) is 5.75 Å². The molecular weight excluding hydrogens is 100 g/mol. The van der Waals surface area contributed by atoms with E-state index < -0.39 is 0 Å². The second-order valence-corrected chi connectivity index (χ2v) is 1.77.